The van der Waals surface area contributed by atoms with Crippen molar-refractivity contribution in [2.45, 2.75) is 6.61 Å². The predicted octanol–water partition coefficient (Wildman–Crippen LogP) is 0.960. The van der Waals surface area contributed by atoms with Gasteiger partial charge in [0.2, 0.25) is 5.89 Å². The predicted molar refractivity (Wildman–Crippen MR) is 49.2 cm³/mol. The van der Waals surface area contributed by atoms with Gasteiger partial charge in [-0.1, -0.05) is 0 Å². The molecule has 1 unspecified atom stereocenters. The molecule has 0 fully saturated rings. The average Bonchev–Trinajstić information content (AvgIpc) is 2.47. The minimum absolute atomic E-state index is 0.129. The van der Waals surface area contributed by atoms with Gasteiger partial charge in [-0.25, -0.2) is 9.37 Å². The normalized spacial score (nSPS) is 11.0. The molecule has 2 aromatic rings. The molecule has 0 spiro atoms. The lowest BCUT2D eigenvalue weighted by Gasteiger charge is -1.91. The first-order valence-corrected chi connectivity index (χ1v) is 4.23. The van der Waals surface area contributed by atoms with Crippen molar-refractivity contribution in [1.82, 2.24) is 4.98 Å². The van der Waals surface area contributed by atoms with Crippen molar-refractivity contribution in [3.8, 4) is 0 Å². The van der Waals surface area contributed by atoms with E-state index >= 15 is 0 Å². The SMILES string of the molecule is OCc1nc2c(F)cc(P)cc2o1. The number of aliphatic hydroxyl groups is 1. The van der Waals surface area contributed by atoms with Crippen LogP contribution in [0.2, 0.25) is 0 Å². The molecule has 0 saturated carbocycles. The molecule has 1 aromatic heterocycles. The van der Waals surface area contributed by atoms with Gasteiger partial charge in [-0.2, -0.15) is 0 Å². The van der Waals surface area contributed by atoms with Crippen LogP contribution in [0.3, 0.4) is 0 Å². The molecule has 1 atom stereocenters. The number of hydrogen-bond acceptors (Lipinski definition) is 3. The zero-order chi connectivity index (χ0) is 9.42. The lowest BCUT2D eigenvalue weighted by molar-refractivity contribution is 0.244. The van der Waals surface area contributed by atoms with Crippen LogP contribution < -0.4 is 5.30 Å². The molecule has 0 aliphatic heterocycles. The van der Waals surface area contributed by atoms with Crippen molar-refractivity contribution in [1.29, 1.82) is 0 Å². The van der Waals surface area contributed by atoms with Crippen LogP contribution in [0.1, 0.15) is 5.89 Å². The quantitative estimate of drug-likeness (QED) is 0.696. The number of oxazole rings is 1. The summed E-state index contributed by atoms with van der Waals surface area (Å²) in [5.41, 5.74) is 0.518. The number of rotatable bonds is 1. The Labute approximate surface area is 75.8 Å². The highest BCUT2D eigenvalue weighted by atomic mass is 31.0. The molecule has 1 N–H and O–H groups in total. The van der Waals surface area contributed by atoms with Crippen LogP contribution in [0.25, 0.3) is 11.1 Å². The number of fused-ring (bicyclic) bond motifs is 1. The van der Waals surface area contributed by atoms with Gasteiger partial charge < -0.3 is 9.52 Å². The Balaban J connectivity index is 2.75. The smallest absolute Gasteiger partial charge is 0.221 e. The van der Waals surface area contributed by atoms with Crippen LogP contribution >= 0.6 is 9.24 Å². The fourth-order valence-electron chi connectivity index (χ4n) is 1.12. The van der Waals surface area contributed by atoms with E-state index < -0.39 is 5.82 Å². The van der Waals surface area contributed by atoms with Crippen molar-refractivity contribution in [3.63, 3.8) is 0 Å². The molecule has 1 aromatic carbocycles. The van der Waals surface area contributed by atoms with Gasteiger partial charge in [-0.3, -0.25) is 0 Å². The fraction of sp³-hybridized carbons (Fsp3) is 0.125. The number of halogens is 1. The first-order chi connectivity index (χ1) is 6.20. The minimum Gasteiger partial charge on any atom is -0.438 e. The third-order valence-electron chi connectivity index (χ3n) is 1.65. The monoisotopic (exact) mass is 199 g/mol. The molecule has 5 heteroatoms. The Morgan fingerprint density at radius 3 is 3.00 bits per heavy atom. The summed E-state index contributed by atoms with van der Waals surface area (Å²) in [4.78, 5) is 3.77. The maximum Gasteiger partial charge on any atom is 0.221 e. The first kappa shape index (κ1) is 8.60. The Kier molecular flexibility index (Phi) is 2.02. The summed E-state index contributed by atoms with van der Waals surface area (Å²) in [6.45, 7) is -0.319. The van der Waals surface area contributed by atoms with E-state index in [0.717, 1.165) is 0 Å². The lowest BCUT2D eigenvalue weighted by atomic mass is 10.3. The molecule has 1 heterocycles. The highest BCUT2D eigenvalue weighted by molar-refractivity contribution is 7.27. The van der Waals surface area contributed by atoms with Crippen LogP contribution in [0.4, 0.5) is 4.39 Å². The molecular weight excluding hydrogens is 192 g/mol. The van der Waals surface area contributed by atoms with Gasteiger partial charge >= 0.3 is 0 Å². The van der Waals surface area contributed by atoms with E-state index in [4.69, 9.17) is 9.52 Å². The Morgan fingerprint density at radius 2 is 2.31 bits per heavy atom. The second kappa shape index (κ2) is 3.05. The number of benzene rings is 1. The molecule has 0 bridgehead atoms. The zero-order valence-electron chi connectivity index (χ0n) is 6.62. The number of nitrogens with zero attached hydrogens (tertiary/aromatic N) is 1. The van der Waals surface area contributed by atoms with E-state index in [9.17, 15) is 4.39 Å². The summed E-state index contributed by atoms with van der Waals surface area (Å²) in [5, 5.41) is 9.40. The molecular formula is C8H7FNO2P. The van der Waals surface area contributed by atoms with Gasteiger partial charge in [0, 0.05) is 0 Å². The highest BCUT2D eigenvalue weighted by Crippen LogP contribution is 2.18. The third kappa shape index (κ3) is 1.43. The summed E-state index contributed by atoms with van der Waals surface area (Å²) in [6, 6.07) is 2.99. The maximum atomic E-state index is 13.2. The Hall–Kier alpha value is -0.990. The summed E-state index contributed by atoms with van der Waals surface area (Å²) >= 11 is 0. The zero-order valence-corrected chi connectivity index (χ0v) is 7.77. The van der Waals surface area contributed by atoms with Crippen LogP contribution in [-0.2, 0) is 6.61 Å². The minimum atomic E-state index is -0.439. The summed E-state index contributed by atoms with van der Waals surface area (Å²) in [5.74, 6) is -0.310. The fourth-order valence-corrected chi connectivity index (χ4v) is 1.42. The van der Waals surface area contributed by atoms with Gasteiger partial charge in [-0.15, -0.1) is 9.24 Å². The van der Waals surface area contributed by atoms with Gasteiger partial charge in [0.05, 0.1) is 0 Å². The number of aliphatic hydroxyl groups excluding tert-OH is 1. The highest BCUT2D eigenvalue weighted by Gasteiger charge is 2.09. The van der Waals surface area contributed by atoms with Crippen LogP contribution in [0.5, 0.6) is 0 Å². The number of hydrogen-bond donors (Lipinski definition) is 1. The topological polar surface area (TPSA) is 46.3 Å². The van der Waals surface area contributed by atoms with Crippen molar-refractivity contribution in [3.05, 3.63) is 23.8 Å². The molecule has 2 rings (SSSR count). The molecule has 0 aliphatic carbocycles. The van der Waals surface area contributed by atoms with Crippen molar-refractivity contribution >= 4 is 25.6 Å². The van der Waals surface area contributed by atoms with E-state index in [1.807, 2.05) is 0 Å². The molecule has 0 radical (unpaired) electrons. The summed E-state index contributed by atoms with van der Waals surface area (Å²) in [7, 11) is 2.37. The van der Waals surface area contributed by atoms with E-state index in [1.54, 1.807) is 6.07 Å². The van der Waals surface area contributed by atoms with Gasteiger partial charge in [0.15, 0.2) is 11.4 Å². The van der Waals surface area contributed by atoms with Crippen molar-refractivity contribution in [2.24, 2.45) is 0 Å². The van der Waals surface area contributed by atoms with E-state index in [-0.39, 0.29) is 18.0 Å². The van der Waals surface area contributed by atoms with Gasteiger partial charge in [0.25, 0.3) is 0 Å². The molecule has 3 nitrogen and oxygen atoms in total. The molecule has 0 aliphatic rings. The lowest BCUT2D eigenvalue weighted by Crippen LogP contribution is -1.91. The summed E-state index contributed by atoms with van der Waals surface area (Å²) < 4.78 is 18.2. The van der Waals surface area contributed by atoms with Crippen LogP contribution in [-0.4, -0.2) is 10.1 Å². The standard InChI is InChI=1S/C8H7FNO2P/c9-5-1-4(13)2-6-8(5)10-7(3-11)12-6/h1-2,11H,3,13H2. The largest absolute Gasteiger partial charge is 0.438 e. The van der Waals surface area contributed by atoms with Crippen LogP contribution in [0.15, 0.2) is 16.5 Å². The van der Waals surface area contributed by atoms with Crippen LogP contribution in [0, 0.1) is 5.82 Å². The van der Waals surface area contributed by atoms with Gasteiger partial charge in [-0.05, 0) is 17.4 Å². The average molecular weight is 199 g/mol. The Bertz CT molecular complexity index is 455. The molecule has 13 heavy (non-hydrogen) atoms. The summed E-state index contributed by atoms with van der Waals surface area (Å²) in [6.07, 6.45) is 0. The third-order valence-corrected chi connectivity index (χ3v) is 1.98. The van der Waals surface area contributed by atoms with E-state index in [0.29, 0.717) is 10.9 Å². The molecule has 0 saturated heterocycles. The second-order valence-corrected chi connectivity index (χ2v) is 3.28. The Morgan fingerprint density at radius 1 is 1.54 bits per heavy atom. The molecule has 68 valence electrons. The van der Waals surface area contributed by atoms with Crippen molar-refractivity contribution < 1.29 is 13.9 Å². The second-order valence-electron chi connectivity index (χ2n) is 2.62. The molecule has 0 amide bonds. The van der Waals surface area contributed by atoms with Crippen molar-refractivity contribution in [2.75, 3.05) is 0 Å². The number of aromatic nitrogens is 1. The van der Waals surface area contributed by atoms with Gasteiger partial charge in [0.1, 0.15) is 12.1 Å². The van der Waals surface area contributed by atoms with E-state index in [2.05, 4.69) is 14.2 Å². The maximum absolute atomic E-state index is 13.2. The first-order valence-electron chi connectivity index (χ1n) is 3.66. The van der Waals surface area contributed by atoms with E-state index in [1.165, 1.54) is 6.07 Å².